The summed E-state index contributed by atoms with van der Waals surface area (Å²) in [6.45, 7) is 8.62. The molecule has 6 aliphatic rings. The topological polar surface area (TPSA) is 175 Å². The number of benzene rings is 2. The zero-order chi connectivity index (χ0) is 48.5. The molecule has 2 saturated heterocycles. The molecule has 14 nitrogen and oxygen atoms in total. The lowest BCUT2D eigenvalue weighted by Gasteiger charge is -2.30. The van der Waals surface area contributed by atoms with E-state index in [4.69, 9.17) is 19.4 Å². The monoisotopic (exact) mass is 946 g/mol. The number of halogens is 2. The molecular formula is C53H64F2N8O6. The molecule has 4 aromatic rings. The molecule has 4 fully saturated rings. The highest BCUT2D eigenvalue weighted by Gasteiger charge is 2.55. The first kappa shape index (κ1) is 46.8. The van der Waals surface area contributed by atoms with Crippen LogP contribution in [-0.2, 0) is 31.9 Å². The van der Waals surface area contributed by atoms with Gasteiger partial charge in [0.15, 0.2) is 0 Å². The van der Waals surface area contributed by atoms with Crippen LogP contribution in [0.15, 0.2) is 41.7 Å². The van der Waals surface area contributed by atoms with E-state index in [1.54, 1.807) is 16.0 Å². The molecule has 4 heterocycles. The molecule has 3 N–H and O–H groups in total. The van der Waals surface area contributed by atoms with E-state index < -0.39 is 42.4 Å². The van der Waals surface area contributed by atoms with Gasteiger partial charge in [0.1, 0.15) is 35.7 Å². The lowest BCUT2D eigenvalue weighted by atomic mass is 9.79. The number of nitrogens with one attached hydrogen (secondary N) is 3. The maximum Gasteiger partial charge on any atom is 0.433 e. The first-order valence-electron chi connectivity index (χ1n) is 25.1. The number of aromatic nitrogens is 4. The molecule has 2 aromatic heterocycles. The number of carbonyl (C=O) groups excluding carboxylic acids is 4. The summed E-state index contributed by atoms with van der Waals surface area (Å²) in [6, 6.07) is 7.04. The Bertz CT molecular complexity index is 2710. The standard InChI is InChI=1S/C53H64F2N8O6/c1-7-28(4)46(61-52(67)69-6)50(65)63-21-11-13-40(63)48-57-26-38(59-48)32-17-16-31(41-33-22-34(42(32)41)44(55)43(33)54)29-14-15-30(36-24-53(23-35(29)36)18-8-9-19-53)37-25-56-47(58-37)39-12-10-20-62(39)49(64)45(27(2)3)60-51(66)68-5/h14-17,25-28,33-34,39-40,43-44,46H,7-13,18-24H2,1-6H3,(H,56,58)(H,57,59)(H,61,67)/b60-45+/t28?,33?,34?,39-,40-,43?,44?,46-/m0/s1. The number of methoxy groups -OCH3 is 2. The van der Waals surface area contributed by atoms with Crippen LogP contribution in [0.2, 0.25) is 0 Å². The van der Waals surface area contributed by atoms with Crippen LogP contribution in [0.1, 0.15) is 150 Å². The fourth-order valence-electron chi connectivity index (χ4n) is 13.0. The third-order valence-electron chi connectivity index (χ3n) is 16.6. The number of aromatic amines is 2. The van der Waals surface area contributed by atoms with E-state index in [1.807, 2.05) is 40.0 Å². The van der Waals surface area contributed by atoms with Crippen molar-refractivity contribution in [2.24, 2.45) is 22.2 Å². The lowest BCUT2D eigenvalue weighted by Crippen LogP contribution is -2.51. The summed E-state index contributed by atoms with van der Waals surface area (Å²) in [5.41, 5.74) is 9.95. The number of aliphatic imine (C=N–C) groups is 1. The zero-order valence-electron chi connectivity index (χ0n) is 40.5. The van der Waals surface area contributed by atoms with Gasteiger partial charge in [0.2, 0.25) is 5.91 Å². The zero-order valence-corrected chi connectivity index (χ0v) is 40.5. The van der Waals surface area contributed by atoms with Crippen LogP contribution < -0.4 is 5.32 Å². The largest absolute Gasteiger partial charge is 0.453 e. The van der Waals surface area contributed by atoms with Gasteiger partial charge < -0.3 is 34.6 Å². The molecule has 2 aliphatic heterocycles. The van der Waals surface area contributed by atoms with Gasteiger partial charge in [-0.2, -0.15) is 4.99 Å². The highest BCUT2D eigenvalue weighted by atomic mass is 19.2. The number of alkyl carbamates (subject to hydrolysis) is 1. The van der Waals surface area contributed by atoms with Crippen molar-refractivity contribution in [3.63, 3.8) is 0 Å². The van der Waals surface area contributed by atoms with Crippen LogP contribution in [0.3, 0.4) is 0 Å². The summed E-state index contributed by atoms with van der Waals surface area (Å²) in [5.74, 6) is -0.775. The fourth-order valence-corrected chi connectivity index (χ4v) is 13.0. The summed E-state index contributed by atoms with van der Waals surface area (Å²) in [7, 11) is 2.53. The van der Waals surface area contributed by atoms with Crippen LogP contribution in [0.4, 0.5) is 18.4 Å². The smallest absolute Gasteiger partial charge is 0.433 e. The lowest BCUT2D eigenvalue weighted by molar-refractivity contribution is -0.135. The van der Waals surface area contributed by atoms with Crippen molar-refractivity contribution in [1.82, 2.24) is 35.1 Å². The predicted molar refractivity (Wildman–Crippen MR) is 256 cm³/mol. The molecule has 366 valence electrons. The highest BCUT2D eigenvalue weighted by Crippen LogP contribution is 2.61. The molecular weight excluding hydrogens is 883 g/mol. The summed E-state index contributed by atoms with van der Waals surface area (Å²) in [4.78, 5) is 76.8. The Kier molecular flexibility index (Phi) is 12.5. The molecule has 2 aromatic carbocycles. The first-order valence-corrected chi connectivity index (χ1v) is 25.1. The van der Waals surface area contributed by atoms with E-state index >= 15 is 8.78 Å². The quantitative estimate of drug-likeness (QED) is 0.125. The highest BCUT2D eigenvalue weighted by molar-refractivity contribution is 6.40. The maximum atomic E-state index is 16.1. The number of likely N-dealkylation sites (tertiary alicyclic amines) is 2. The van der Waals surface area contributed by atoms with Gasteiger partial charge in [-0.1, -0.05) is 71.2 Å². The fraction of sp³-hybridized carbons (Fsp3) is 0.566. The maximum absolute atomic E-state index is 16.1. The van der Waals surface area contributed by atoms with Crippen LogP contribution in [-0.4, -0.2) is 105 Å². The molecule has 1 spiro atoms. The molecule has 4 amide bonds. The van der Waals surface area contributed by atoms with Gasteiger partial charge in [-0.3, -0.25) is 9.59 Å². The molecule has 8 atom stereocenters. The summed E-state index contributed by atoms with van der Waals surface area (Å²) in [6.07, 6.45) is 9.40. The van der Waals surface area contributed by atoms with Crippen LogP contribution in [0.5, 0.6) is 0 Å². The van der Waals surface area contributed by atoms with Gasteiger partial charge in [0.25, 0.3) is 5.91 Å². The van der Waals surface area contributed by atoms with E-state index in [0.717, 1.165) is 77.6 Å². The van der Waals surface area contributed by atoms with E-state index in [2.05, 4.69) is 38.5 Å². The number of hydrogen-bond acceptors (Lipinski definition) is 8. The second-order valence-electron chi connectivity index (χ2n) is 20.8. The normalized spacial score (nSPS) is 25.4. The molecule has 2 bridgehead atoms. The molecule has 4 aliphatic carbocycles. The van der Waals surface area contributed by atoms with E-state index in [9.17, 15) is 19.2 Å². The Morgan fingerprint density at radius 2 is 1.33 bits per heavy atom. The number of amides is 4. The summed E-state index contributed by atoms with van der Waals surface area (Å²) >= 11 is 0. The molecule has 0 radical (unpaired) electrons. The Hall–Kier alpha value is -5.93. The number of carbonyl (C=O) groups is 4. The number of H-pyrrole nitrogens is 2. The van der Waals surface area contributed by atoms with Crippen molar-refractivity contribution >= 4 is 29.7 Å². The number of fused-ring (bicyclic) bond motifs is 6. The summed E-state index contributed by atoms with van der Waals surface area (Å²) in [5, 5.41) is 2.76. The van der Waals surface area contributed by atoms with Crippen molar-refractivity contribution in [2.45, 2.75) is 147 Å². The number of rotatable bonds is 11. The average Bonchev–Trinajstić information content (AvgIpc) is 4.21. The molecule has 16 heteroatoms. The van der Waals surface area contributed by atoms with Crippen LogP contribution in [0.25, 0.3) is 33.6 Å². The Morgan fingerprint density at radius 1 is 0.783 bits per heavy atom. The number of ether oxygens (including phenoxy) is 2. The third kappa shape index (κ3) is 8.02. The van der Waals surface area contributed by atoms with Crippen molar-refractivity contribution in [1.29, 1.82) is 0 Å². The number of imidazole rings is 2. The van der Waals surface area contributed by atoms with E-state index in [1.165, 1.54) is 38.2 Å². The third-order valence-corrected chi connectivity index (χ3v) is 16.6. The van der Waals surface area contributed by atoms with Gasteiger partial charge >= 0.3 is 12.2 Å². The van der Waals surface area contributed by atoms with E-state index in [0.29, 0.717) is 56.1 Å². The number of alkyl halides is 2. The van der Waals surface area contributed by atoms with Gasteiger partial charge in [-0.15, -0.1) is 0 Å². The van der Waals surface area contributed by atoms with Crippen LogP contribution in [0, 0.1) is 17.3 Å². The predicted octanol–water partition coefficient (Wildman–Crippen LogP) is 10.0. The number of hydrogen-bond donors (Lipinski definition) is 3. The van der Waals surface area contributed by atoms with Gasteiger partial charge in [-0.25, -0.2) is 28.3 Å². The minimum atomic E-state index is -1.62. The minimum Gasteiger partial charge on any atom is -0.453 e. The number of nitrogens with zero attached hydrogens (tertiary/aromatic N) is 5. The SMILES string of the molecule is CCC(C)[C@H](NC(=O)OC)C(=O)N1CCC[C@H]1c1ncc(-c2ccc(-c3ccc(-c4cnc([C@@H]5CCCN5C(=O)/C(=N/C(=O)OC)C(C)C)[nH]4)c4c3CC3(CCCC3)C4)c3c2C2CC3C(F)C2F)[nH]1. The molecule has 10 rings (SSSR count). The van der Waals surface area contributed by atoms with Gasteiger partial charge in [0.05, 0.1) is 50.1 Å². The van der Waals surface area contributed by atoms with Gasteiger partial charge in [0, 0.05) is 42.0 Å². The molecule has 5 unspecified atom stereocenters. The van der Waals surface area contributed by atoms with Crippen LogP contribution >= 0.6 is 0 Å². The van der Waals surface area contributed by atoms with Crippen molar-refractivity contribution in [3.05, 3.63) is 70.6 Å². The Labute approximate surface area is 401 Å². The minimum absolute atomic E-state index is 0.123. The van der Waals surface area contributed by atoms with E-state index in [-0.39, 0.29) is 46.9 Å². The Balaban J connectivity index is 0.996. The first-order chi connectivity index (χ1) is 33.3. The van der Waals surface area contributed by atoms with Crippen molar-refractivity contribution in [3.8, 4) is 33.6 Å². The second-order valence-corrected chi connectivity index (χ2v) is 20.8. The second kappa shape index (κ2) is 18.4. The Morgan fingerprint density at radius 3 is 1.94 bits per heavy atom. The van der Waals surface area contributed by atoms with Crippen molar-refractivity contribution < 1.29 is 37.4 Å². The van der Waals surface area contributed by atoms with Gasteiger partial charge in [-0.05, 0) is 103 Å². The van der Waals surface area contributed by atoms with Crippen molar-refractivity contribution in [2.75, 3.05) is 27.3 Å². The molecule has 2 saturated carbocycles. The molecule has 69 heavy (non-hydrogen) atoms. The summed E-state index contributed by atoms with van der Waals surface area (Å²) < 4.78 is 41.8. The average molecular weight is 947 g/mol.